The third-order valence-electron chi connectivity index (χ3n) is 13.1. The molecule has 284 valence electrons. The molecular weight excluding hydrogens is 727 g/mol. The molecule has 2 nitrogen and oxygen atoms in total. The molecule has 60 heavy (non-hydrogen) atoms. The summed E-state index contributed by atoms with van der Waals surface area (Å²) >= 11 is 0. The molecule has 9 aromatic carbocycles. The van der Waals surface area contributed by atoms with Crippen molar-refractivity contribution < 1.29 is 4.42 Å². The fourth-order valence-corrected chi connectivity index (χ4v) is 10.4. The third kappa shape index (κ3) is 5.20. The molecule has 2 aliphatic carbocycles. The van der Waals surface area contributed by atoms with Crippen LogP contribution in [0.3, 0.4) is 0 Å². The highest BCUT2D eigenvalue weighted by Crippen LogP contribution is 2.55. The van der Waals surface area contributed by atoms with E-state index in [2.05, 4.69) is 225 Å². The summed E-state index contributed by atoms with van der Waals surface area (Å²) in [6.07, 6.45) is 0. The number of rotatable bonds is 6. The molecule has 2 heteroatoms. The van der Waals surface area contributed by atoms with Crippen molar-refractivity contribution in [1.82, 2.24) is 0 Å². The molecule has 1 unspecified atom stereocenters. The lowest BCUT2D eigenvalue weighted by atomic mass is 9.81. The first-order valence-corrected chi connectivity index (χ1v) is 21.0. The maximum absolute atomic E-state index is 6.73. The Morgan fingerprint density at radius 3 is 1.88 bits per heavy atom. The van der Waals surface area contributed by atoms with E-state index in [4.69, 9.17) is 4.42 Å². The molecule has 0 N–H and O–H groups in total. The van der Waals surface area contributed by atoms with E-state index in [1.165, 1.54) is 78.0 Å². The molecule has 2 aliphatic rings. The summed E-state index contributed by atoms with van der Waals surface area (Å²) in [6, 6.07) is 75.5. The van der Waals surface area contributed by atoms with Gasteiger partial charge in [0.15, 0.2) is 0 Å². The van der Waals surface area contributed by atoms with E-state index in [0.29, 0.717) is 0 Å². The van der Waals surface area contributed by atoms with Gasteiger partial charge in [0.05, 0.1) is 16.8 Å². The predicted octanol–water partition coefficient (Wildman–Crippen LogP) is 15.9. The first-order valence-electron chi connectivity index (χ1n) is 21.0. The summed E-state index contributed by atoms with van der Waals surface area (Å²) in [5, 5.41) is 2.20. The number of anilines is 3. The Hall–Kier alpha value is -7.42. The average Bonchev–Trinajstić information content (AvgIpc) is 3.93. The quantitative estimate of drug-likeness (QED) is 0.168. The van der Waals surface area contributed by atoms with Gasteiger partial charge in [-0.1, -0.05) is 172 Å². The summed E-state index contributed by atoms with van der Waals surface area (Å²) in [6.45, 7) is 4.74. The summed E-state index contributed by atoms with van der Waals surface area (Å²) in [7, 11) is 0. The molecule has 1 atom stereocenters. The van der Waals surface area contributed by atoms with Gasteiger partial charge in [-0.05, 0) is 121 Å². The first kappa shape index (κ1) is 34.6. The largest absolute Gasteiger partial charge is 0.456 e. The van der Waals surface area contributed by atoms with Crippen molar-refractivity contribution >= 4 is 39.0 Å². The van der Waals surface area contributed by atoms with E-state index in [9.17, 15) is 0 Å². The summed E-state index contributed by atoms with van der Waals surface area (Å²) in [5.41, 5.74) is 21.6. The molecule has 0 saturated heterocycles. The van der Waals surface area contributed by atoms with Crippen molar-refractivity contribution in [3.05, 3.63) is 234 Å². The number of furan rings is 1. The second-order valence-electron chi connectivity index (χ2n) is 16.8. The minimum Gasteiger partial charge on any atom is -0.456 e. The molecular formula is C58H41NO. The normalized spacial score (nSPS) is 14.5. The highest BCUT2D eigenvalue weighted by Gasteiger charge is 2.39. The third-order valence-corrected chi connectivity index (χ3v) is 13.1. The van der Waals surface area contributed by atoms with Crippen LogP contribution in [0.2, 0.25) is 0 Å². The Labute approximate surface area is 350 Å². The molecule has 1 aromatic heterocycles. The van der Waals surface area contributed by atoms with Crippen molar-refractivity contribution in [3.8, 4) is 44.5 Å². The van der Waals surface area contributed by atoms with Crippen molar-refractivity contribution in [2.75, 3.05) is 4.90 Å². The second kappa shape index (κ2) is 13.3. The van der Waals surface area contributed by atoms with Crippen LogP contribution < -0.4 is 4.90 Å². The highest BCUT2D eigenvalue weighted by molar-refractivity contribution is 6.14. The van der Waals surface area contributed by atoms with Gasteiger partial charge in [0.1, 0.15) is 11.2 Å². The summed E-state index contributed by atoms with van der Waals surface area (Å²) < 4.78 is 6.73. The zero-order chi connectivity index (χ0) is 40.0. The lowest BCUT2D eigenvalue weighted by Crippen LogP contribution is -2.20. The summed E-state index contributed by atoms with van der Waals surface area (Å²) in [5.74, 6) is 0.187. The van der Waals surface area contributed by atoms with E-state index in [-0.39, 0.29) is 11.3 Å². The van der Waals surface area contributed by atoms with Crippen molar-refractivity contribution in [2.45, 2.75) is 25.2 Å². The van der Waals surface area contributed by atoms with E-state index >= 15 is 0 Å². The van der Waals surface area contributed by atoms with Gasteiger partial charge in [0, 0.05) is 22.4 Å². The van der Waals surface area contributed by atoms with E-state index in [1.807, 2.05) is 0 Å². The van der Waals surface area contributed by atoms with Crippen LogP contribution in [0.5, 0.6) is 0 Å². The van der Waals surface area contributed by atoms with Crippen LogP contribution in [0.4, 0.5) is 17.1 Å². The number of nitrogens with zero attached hydrogens (tertiary/aromatic N) is 1. The van der Waals surface area contributed by atoms with Crippen LogP contribution in [0.25, 0.3) is 66.4 Å². The van der Waals surface area contributed by atoms with Crippen molar-refractivity contribution in [1.29, 1.82) is 0 Å². The smallest absolute Gasteiger partial charge is 0.137 e. The fourth-order valence-electron chi connectivity index (χ4n) is 10.4. The second-order valence-corrected chi connectivity index (χ2v) is 16.8. The molecule has 12 rings (SSSR count). The minimum atomic E-state index is -0.213. The molecule has 0 bridgehead atoms. The number of benzene rings is 9. The topological polar surface area (TPSA) is 16.4 Å². The maximum atomic E-state index is 6.73. The number of hydrogen-bond donors (Lipinski definition) is 0. The molecule has 1 heterocycles. The Morgan fingerprint density at radius 1 is 0.433 bits per heavy atom. The zero-order valence-corrected chi connectivity index (χ0v) is 33.6. The molecule has 0 fully saturated rings. The van der Waals surface area contributed by atoms with Gasteiger partial charge in [-0.3, -0.25) is 0 Å². The molecule has 0 radical (unpaired) electrons. The van der Waals surface area contributed by atoms with Gasteiger partial charge in [-0.2, -0.15) is 0 Å². The van der Waals surface area contributed by atoms with Gasteiger partial charge >= 0.3 is 0 Å². The van der Waals surface area contributed by atoms with Gasteiger partial charge in [-0.15, -0.1) is 0 Å². The number of hydrogen-bond acceptors (Lipinski definition) is 2. The molecule has 0 aliphatic heterocycles. The standard InChI is InChI=1S/C58H41NO/c1-58(2)50-23-12-11-20-45(50)47-22-13-25-52(57(47)58)59(42-31-27-38(28-32-42)37-15-5-3-6-16-37)51-24-14-26-54-56(51)49-36-41(30-34-53(49)60-54)40-29-33-44-43-19-9-10-21-46(43)55(48(44)35-40)39-17-7-4-8-18-39/h3-36,55H,1-2H3. The van der Waals surface area contributed by atoms with Gasteiger partial charge in [0.2, 0.25) is 0 Å². The molecule has 0 saturated carbocycles. The van der Waals surface area contributed by atoms with Crippen LogP contribution in [0, 0.1) is 0 Å². The van der Waals surface area contributed by atoms with E-state index in [0.717, 1.165) is 33.3 Å². The maximum Gasteiger partial charge on any atom is 0.137 e. The molecule has 10 aromatic rings. The Morgan fingerprint density at radius 2 is 1.05 bits per heavy atom. The zero-order valence-electron chi connectivity index (χ0n) is 33.6. The van der Waals surface area contributed by atoms with Gasteiger partial charge in [-0.25, -0.2) is 0 Å². The monoisotopic (exact) mass is 767 g/mol. The Bertz CT molecular complexity index is 3280. The van der Waals surface area contributed by atoms with Crippen LogP contribution in [-0.2, 0) is 5.41 Å². The van der Waals surface area contributed by atoms with Gasteiger partial charge in [0.25, 0.3) is 0 Å². The molecule has 0 spiro atoms. The summed E-state index contributed by atoms with van der Waals surface area (Å²) in [4.78, 5) is 2.47. The van der Waals surface area contributed by atoms with E-state index < -0.39 is 0 Å². The minimum absolute atomic E-state index is 0.187. The lowest BCUT2D eigenvalue weighted by molar-refractivity contribution is 0.661. The fraction of sp³-hybridized carbons (Fsp3) is 0.0690. The Kier molecular flexibility index (Phi) is 7.68. The SMILES string of the molecule is CC1(C)c2ccccc2-c2cccc(N(c3ccc(-c4ccccc4)cc3)c3cccc4oc5ccc(-c6ccc7c(c6)C(c6ccccc6)c6ccccc6-7)cc5c34)c21. The van der Waals surface area contributed by atoms with Crippen molar-refractivity contribution in [3.63, 3.8) is 0 Å². The highest BCUT2D eigenvalue weighted by atomic mass is 16.3. The predicted molar refractivity (Wildman–Crippen MR) is 250 cm³/mol. The first-order chi connectivity index (χ1) is 29.5. The average molecular weight is 768 g/mol. The van der Waals surface area contributed by atoms with Crippen LogP contribution in [0.1, 0.15) is 47.6 Å². The van der Waals surface area contributed by atoms with Crippen LogP contribution in [0.15, 0.2) is 211 Å². The van der Waals surface area contributed by atoms with Crippen molar-refractivity contribution in [2.24, 2.45) is 0 Å². The van der Waals surface area contributed by atoms with Crippen LogP contribution >= 0.6 is 0 Å². The molecule has 0 amide bonds. The van der Waals surface area contributed by atoms with E-state index in [1.54, 1.807) is 0 Å². The van der Waals surface area contributed by atoms with Crippen LogP contribution in [-0.4, -0.2) is 0 Å². The Balaban J connectivity index is 1.05. The number of fused-ring (bicyclic) bond motifs is 9. The lowest BCUT2D eigenvalue weighted by Gasteiger charge is -2.32. The van der Waals surface area contributed by atoms with Gasteiger partial charge < -0.3 is 9.32 Å².